The third-order valence-electron chi connectivity index (χ3n) is 3.90. The Morgan fingerprint density at radius 2 is 1.96 bits per heavy atom. The van der Waals surface area contributed by atoms with Gasteiger partial charge in [-0.05, 0) is 42.8 Å². The van der Waals surface area contributed by atoms with Crippen LogP contribution in [0.15, 0.2) is 34.8 Å². The maximum atomic E-state index is 12.9. The molecule has 0 saturated heterocycles. The van der Waals surface area contributed by atoms with E-state index in [4.69, 9.17) is 14.2 Å². The quantitative estimate of drug-likeness (QED) is 0.797. The Bertz CT molecular complexity index is 774. The molecule has 0 N–H and O–H groups in total. The summed E-state index contributed by atoms with van der Waals surface area (Å²) in [6.45, 7) is 2.89. The van der Waals surface area contributed by atoms with Crippen molar-refractivity contribution in [2.75, 3.05) is 32.3 Å². The van der Waals surface area contributed by atoms with E-state index in [-0.39, 0.29) is 5.91 Å². The Labute approximate surface area is 149 Å². The number of benzene rings is 2. The van der Waals surface area contributed by atoms with E-state index >= 15 is 0 Å². The number of carbonyl (C=O) groups is 1. The van der Waals surface area contributed by atoms with E-state index in [9.17, 15) is 4.79 Å². The fraction of sp³-hybridized carbons (Fsp3) is 0.278. The SMILES string of the molecule is COc1cc(C(=O)N(C)c2ccc(Br)cc2C)cc2c1OCCO2. The molecule has 1 aliphatic rings. The summed E-state index contributed by atoms with van der Waals surface area (Å²) in [5, 5.41) is 0. The van der Waals surface area contributed by atoms with Crippen LogP contribution in [0.2, 0.25) is 0 Å². The molecule has 1 aliphatic heterocycles. The molecule has 0 atom stereocenters. The van der Waals surface area contributed by atoms with Crippen LogP contribution in [0.4, 0.5) is 5.69 Å². The summed E-state index contributed by atoms with van der Waals surface area (Å²) >= 11 is 3.44. The van der Waals surface area contributed by atoms with E-state index in [1.165, 1.54) is 0 Å². The second-order valence-corrected chi connectivity index (χ2v) is 6.41. The fourth-order valence-corrected chi connectivity index (χ4v) is 3.17. The summed E-state index contributed by atoms with van der Waals surface area (Å²) in [4.78, 5) is 14.5. The number of carbonyl (C=O) groups excluding carboxylic acids is 1. The summed E-state index contributed by atoms with van der Waals surface area (Å²) in [5.74, 6) is 1.43. The van der Waals surface area contributed by atoms with E-state index in [1.54, 1.807) is 31.2 Å². The molecule has 5 nitrogen and oxygen atoms in total. The van der Waals surface area contributed by atoms with Gasteiger partial charge in [0.2, 0.25) is 5.75 Å². The number of amides is 1. The number of hydrogen-bond acceptors (Lipinski definition) is 4. The van der Waals surface area contributed by atoms with Gasteiger partial charge >= 0.3 is 0 Å². The van der Waals surface area contributed by atoms with Crippen molar-refractivity contribution >= 4 is 27.5 Å². The van der Waals surface area contributed by atoms with Gasteiger partial charge < -0.3 is 19.1 Å². The molecule has 2 aromatic rings. The Morgan fingerprint density at radius 1 is 1.21 bits per heavy atom. The number of methoxy groups -OCH3 is 1. The highest BCUT2D eigenvalue weighted by molar-refractivity contribution is 9.10. The van der Waals surface area contributed by atoms with Gasteiger partial charge in [-0.1, -0.05) is 15.9 Å². The number of rotatable bonds is 3. The van der Waals surface area contributed by atoms with Gasteiger partial charge in [-0.3, -0.25) is 4.79 Å². The lowest BCUT2D eigenvalue weighted by Gasteiger charge is -2.23. The first-order valence-electron chi connectivity index (χ1n) is 7.53. The molecule has 3 rings (SSSR count). The van der Waals surface area contributed by atoms with Gasteiger partial charge in [0, 0.05) is 22.8 Å². The lowest BCUT2D eigenvalue weighted by Crippen LogP contribution is -2.27. The van der Waals surface area contributed by atoms with Crippen LogP contribution < -0.4 is 19.1 Å². The standard InChI is InChI=1S/C18H18BrNO4/c1-11-8-13(19)4-5-14(11)20(2)18(21)12-9-15(22-3)17-16(10-12)23-6-7-24-17/h4-5,8-10H,6-7H2,1-3H3. The fourth-order valence-electron chi connectivity index (χ4n) is 2.69. The number of ether oxygens (including phenoxy) is 3. The number of nitrogens with zero attached hydrogens (tertiary/aromatic N) is 1. The summed E-state index contributed by atoms with van der Waals surface area (Å²) < 4.78 is 17.5. The number of fused-ring (bicyclic) bond motifs is 1. The highest BCUT2D eigenvalue weighted by Crippen LogP contribution is 2.40. The predicted octanol–water partition coefficient (Wildman–Crippen LogP) is 3.81. The van der Waals surface area contributed by atoms with Crippen molar-refractivity contribution in [3.8, 4) is 17.2 Å². The molecule has 0 bridgehead atoms. The van der Waals surface area contributed by atoms with Gasteiger partial charge in [-0.2, -0.15) is 0 Å². The van der Waals surface area contributed by atoms with Crippen molar-refractivity contribution in [3.63, 3.8) is 0 Å². The first kappa shape index (κ1) is 16.6. The van der Waals surface area contributed by atoms with Crippen LogP contribution in [-0.4, -0.2) is 33.3 Å². The Hall–Kier alpha value is -2.21. The molecular weight excluding hydrogens is 374 g/mol. The third-order valence-corrected chi connectivity index (χ3v) is 4.39. The van der Waals surface area contributed by atoms with E-state index in [2.05, 4.69) is 15.9 Å². The van der Waals surface area contributed by atoms with E-state index in [0.29, 0.717) is 36.0 Å². The number of halogens is 1. The maximum Gasteiger partial charge on any atom is 0.258 e. The summed E-state index contributed by atoms with van der Waals surface area (Å²) in [6, 6.07) is 9.18. The van der Waals surface area contributed by atoms with Crippen molar-refractivity contribution in [3.05, 3.63) is 45.9 Å². The molecule has 0 saturated carbocycles. The normalized spacial score (nSPS) is 12.7. The molecule has 0 fully saturated rings. The predicted molar refractivity (Wildman–Crippen MR) is 95.6 cm³/mol. The van der Waals surface area contributed by atoms with E-state index in [1.807, 2.05) is 25.1 Å². The second-order valence-electron chi connectivity index (χ2n) is 5.50. The minimum absolute atomic E-state index is 0.143. The first-order chi connectivity index (χ1) is 11.5. The zero-order chi connectivity index (χ0) is 17.3. The Kier molecular flexibility index (Phi) is 4.66. The smallest absolute Gasteiger partial charge is 0.258 e. The largest absolute Gasteiger partial charge is 0.493 e. The number of aryl methyl sites for hydroxylation is 1. The highest BCUT2D eigenvalue weighted by Gasteiger charge is 2.23. The van der Waals surface area contributed by atoms with Gasteiger partial charge in [-0.25, -0.2) is 0 Å². The maximum absolute atomic E-state index is 12.9. The lowest BCUT2D eigenvalue weighted by atomic mass is 10.1. The van der Waals surface area contributed by atoms with Crippen LogP contribution in [0.5, 0.6) is 17.2 Å². The minimum Gasteiger partial charge on any atom is -0.493 e. The topological polar surface area (TPSA) is 48.0 Å². The molecule has 1 amide bonds. The van der Waals surface area contributed by atoms with Crippen molar-refractivity contribution in [2.45, 2.75) is 6.92 Å². The molecule has 6 heteroatoms. The van der Waals surface area contributed by atoms with Crippen molar-refractivity contribution < 1.29 is 19.0 Å². The third kappa shape index (κ3) is 3.06. The van der Waals surface area contributed by atoms with Crippen LogP contribution in [-0.2, 0) is 0 Å². The lowest BCUT2D eigenvalue weighted by molar-refractivity contribution is 0.0991. The Morgan fingerprint density at radius 3 is 2.67 bits per heavy atom. The van der Waals surface area contributed by atoms with Gasteiger partial charge in [0.05, 0.1) is 7.11 Å². The monoisotopic (exact) mass is 391 g/mol. The molecule has 0 radical (unpaired) electrons. The summed E-state index contributed by atoms with van der Waals surface area (Å²) in [7, 11) is 3.30. The van der Waals surface area contributed by atoms with Crippen LogP contribution >= 0.6 is 15.9 Å². The van der Waals surface area contributed by atoms with Crippen molar-refractivity contribution in [1.82, 2.24) is 0 Å². The molecule has 0 aliphatic carbocycles. The average Bonchev–Trinajstić information content (AvgIpc) is 2.59. The van der Waals surface area contributed by atoms with Gasteiger partial charge in [0.1, 0.15) is 13.2 Å². The number of hydrogen-bond donors (Lipinski definition) is 0. The van der Waals surface area contributed by atoms with Crippen LogP contribution in [0.3, 0.4) is 0 Å². The van der Waals surface area contributed by atoms with Crippen molar-refractivity contribution in [2.24, 2.45) is 0 Å². The molecule has 2 aromatic carbocycles. The van der Waals surface area contributed by atoms with Crippen molar-refractivity contribution in [1.29, 1.82) is 0 Å². The highest BCUT2D eigenvalue weighted by atomic mass is 79.9. The molecule has 0 aromatic heterocycles. The Balaban J connectivity index is 1.97. The van der Waals surface area contributed by atoms with E-state index < -0.39 is 0 Å². The van der Waals surface area contributed by atoms with Crippen LogP contribution in [0.1, 0.15) is 15.9 Å². The van der Waals surface area contributed by atoms with Crippen LogP contribution in [0.25, 0.3) is 0 Å². The summed E-state index contributed by atoms with van der Waals surface area (Å²) in [6.07, 6.45) is 0. The molecule has 24 heavy (non-hydrogen) atoms. The minimum atomic E-state index is -0.143. The molecule has 0 spiro atoms. The number of anilines is 1. The molecule has 126 valence electrons. The van der Waals surface area contributed by atoms with Gasteiger partial charge in [0.15, 0.2) is 11.5 Å². The summed E-state index contributed by atoms with van der Waals surface area (Å²) in [5.41, 5.74) is 2.34. The molecule has 0 unspecified atom stereocenters. The average molecular weight is 392 g/mol. The first-order valence-corrected chi connectivity index (χ1v) is 8.32. The second kappa shape index (κ2) is 6.73. The van der Waals surface area contributed by atoms with Gasteiger partial charge in [0.25, 0.3) is 5.91 Å². The van der Waals surface area contributed by atoms with Gasteiger partial charge in [-0.15, -0.1) is 0 Å². The van der Waals surface area contributed by atoms with Crippen LogP contribution in [0, 0.1) is 6.92 Å². The molecular formula is C18H18BrNO4. The zero-order valence-electron chi connectivity index (χ0n) is 13.8. The zero-order valence-corrected chi connectivity index (χ0v) is 15.3. The molecule has 1 heterocycles. The van der Waals surface area contributed by atoms with E-state index in [0.717, 1.165) is 15.7 Å².